The van der Waals surface area contributed by atoms with E-state index >= 15 is 0 Å². The van der Waals surface area contributed by atoms with Crippen molar-refractivity contribution in [3.05, 3.63) is 95.8 Å². The molecular weight excluding hydrogens is 412 g/mol. The van der Waals surface area contributed by atoms with Crippen molar-refractivity contribution in [2.24, 2.45) is 0 Å². The van der Waals surface area contributed by atoms with Crippen molar-refractivity contribution >= 4 is 28.3 Å². The van der Waals surface area contributed by atoms with E-state index in [4.69, 9.17) is 0 Å². The summed E-state index contributed by atoms with van der Waals surface area (Å²) < 4.78 is 26.6. The van der Waals surface area contributed by atoms with E-state index in [1.807, 2.05) is 49.5 Å². The lowest BCUT2D eigenvalue weighted by Gasteiger charge is -2.21. The molecule has 1 aromatic heterocycles. The van der Waals surface area contributed by atoms with Crippen LogP contribution in [0.25, 0.3) is 10.9 Å². The van der Waals surface area contributed by atoms with Crippen molar-refractivity contribution in [2.75, 3.05) is 24.2 Å². The number of aromatic nitrogens is 2. The molecule has 32 heavy (non-hydrogen) atoms. The first-order valence-corrected chi connectivity index (χ1v) is 10.0. The number of rotatable bonds is 7. The molecule has 3 N–H and O–H groups in total. The summed E-state index contributed by atoms with van der Waals surface area (Å²) in [5.74, 6) is -1.89. The number of hydrogen-bond acceptors (Lipinski definition) is 5. The first-order valence-electron chi connectivity index (χ1n) is 10.0. The quantitative estimate of drug-likeness (QED) is 0.399. The van der Waals surface area contributed by atoms with Gasteiger partial charge in [-0.25, -0.2) is 18.7 Å². The number of fused-ring (bicyclic) bond motifs is 1. The van der Waals surface area contributed by atoms with Crippen molar-refractivity contribution in [2.45, 2.75) is 6.04 Å². The molecule has 0 saturated carbocycles. The lowest BCUT2D eigenvalue weighted by molar-refractivity contribution is 0.102. The summed E-state index contributed by atoms with van der Waals surface area (Å²) in [6, 6.07) is 17.9. The maximum atomic E-state index is 13.5. The Morgan fingerprint density at radius 2 is 1.81 bits per heavy atom. The number of amides is 1. The predicted molar refractivity (Wildman–Crippen MR) is 121 cm³/mol. The third-order valence-corrected chi connectivity index (χ3v) is 4.99. The second-order valence-electron chi connectivity index (χ2n) is 7.20. The van der Waals surface area contributed by atoms with E-state index in [-0.39, 0.29) is 11.6 Å². The third kappa shape index (κ3) is 4.70. The largest absolute Gasteiger partial charge is 0.361 e. The fourth-order valence-electron chi connectivity index (χ4n) is 3.42. The van der Waals surface area contributed by atoms with Crippen LogP contribution in [-0.2, 0) is 0 Å². The van der Waals surface area contributed by atoms with Gasteiger partial charge in [0.1, 0.15) is 12.1 Å². The van der Waals surface area contributed by atoms with Gasteiger partial charge in [0.15, 0.2) is 11.6 Å². The summed E-state index contributed by atoms with van der Waals surface area (Å²) in [5.41, 5.74) is 2.31. The number of carbonyl (C=O) groups is 1. The Morgan fingerprint density at radius 3 is 2.62 bits per heavy atom. The van der Waals surface area contributed by atoms with Gasteiger partial charge in [-0.2, -0.15) is 0 Å². The highest BCUT2D eigenvalue weighted by atomic mass is 19.2. The fourth-order valence-corrected chi connectivity index (χ4v) is 3.42. The van der Waals surface area contributed by atoms with Crippen LogP contribution in [0.2, 0.25) is 0 Å². The SMILES string of the molecule is CNCC(Nc1ncnc2ccccc12)c1cccc(NC(=O)c2ccc(F)c(F)c2)c1. The van der Waals surface area contributed by atoms with Gasteiger partial charge in [0.25, 0.3) is 5.91 Å². The number of nitrogens with zero attached hydrogens (tertiary/aromatic N) is 2. The number of likely N-dealkylation sites (N-methyl/N-ethyl adjacent to an activating group) is 1. The Kier molecular flexibility index (Phi) is 6.32. The number of carbonyl (C=O) groups excluding carboxylic acids is 1. The molecule has 0 saturated heterocycles. The van der Waals surface area contributed by atoms with Gasteiger partial charge in [-0.1, -0.05) is 24.3 Å². The highest BCUT2D eigenvalue weighted by Gasteiger charge is 2.15. The maximum Gasteiger partial charge on any atom is 0.255 e. The first-order chi connectivity index (χ1) is 15.5. The zero-order chi connectivity index (χ0) is 22.5. The summed E-state index contributed by atoms with van der Waals surface area (Å²) in [6.45, 7) is 0.596. The summed E-state index contributed by atoms with van der Waals surface area (Å²) in [6.07, 6.45) is 1.51. The molecule has 1 heterocycles. The highest BCUT2D eigenvalue weighted by molar-refractivity contribution is 6.04. The average Bonchev–Trinajstić information content (AvgIpc) is 2.81. The molecule has 1 amide bonds. The minimum Gasteiger partial charge on any atom is -0.361 e. The normalized spacial score (nSPS) is 11.8. The van der Waals surface area contributed by atoms with Crippen molar-refractivity contribution in [1.82, 2.24) is 15.3 Å². The Bertz CT molecular complexity index is 1260. The van der Waals surface area contributed by atoms with Crippen LogP contribution >= 0.6 is 0 Å². The molecule has 8 heteroatoms. The number of nitrogens with one attached hydrogen (secondary N) is 3. The molecule has 162 valence electrons. The highest BCUT2D eigenvalue weighted by Crippen LogP contribution is 2.25. The third-order valence-electron chi connectivity index (χ3n) is 4.99. The van der Waals surface area contributed by atoms with Gasteiger partial charge in [-0.3, -0.25) is 4.79 Å². The van der Waals surface area contributed by atoms with Crippen LogP contribution in [0.4, 0.5) is 20.3 Å². The zero-order valence-electron chi connectivity index (χ0n) is 17.3. The van der Waals surface area contributed by atoms with E-state index in [1.165, 1.54) is 12.4 Å². The van der Waals surface area contributed by atoms with Gasteiger partial charge >= 0.3 is 0 Å². The topological polar surface area (TPSA) is 78.9 Å². The predicted octanol–water partition coefficient (Wildman–Crippen LogP) is 4.53. The van der Waals surface area contributed by atoms with Gasteiger partial charge in [-0.15, -0.1) is 0 Å². The van der Waals surface area contributed by atoms with Crippen LogP contribution in [0.5, 0.6) is 0 Å². The number of anilines is 2. The lowest BCUT2D eigenvalue weighted by atomic mass is 10.1. The second-order valence-corrected chi connectivity index (χ2v) is 7.20. The van der Waals surface area contributed by atoms with E-state index in [0.29, 0.717) is 18.1 Å². The van der Waals surface area contributed by atoms with E-state index in [9.17, 15) is 13.6 Å². The zero-order valence-corrected chi connectivity index (χ0v) is 17.3. The van der Waals surface area contributed by atoms with Crippen molar-refractivity contribution in [3.63, 3.8) is 0 Å². The fraction of sp³-hybridized carbons (Fsp3) is 0.125. The lowest BCUT2D eigenvalue weighted by Crippen LogP contribution is -2.24. The van der Waals surface area contributed by atoms with Gasteiger partial charge < -0.3 is 16.0 Å². The molecule has 0 aliphatic carbocycles. The summed E-state index contributed by atoms with van der Waals surface area (Å²) in [4.78, 5) is 21.2. The van der Waals surface area contributed by atoms with E-state index in [0.717, 1.165) is 28.6 Å². The van der Waals surface area contributed by atoms with Gasteiger partial charge in [-0.05, 0) is 55.1 Å². The molecule has 4 rings (SSSR count). The van der Waals surface area contributed by atoms with E-state index in [1.54, 1.807) is 6.07 Å². The Balaban J connectivity index is 1.57. The molecule has 3 aromatic carbocycles. The van der Waals surface area contributed by atoms with Gasteiger partial charge in [0.2, 0.25) is 0 Å². The molecule has 6 nitrogen and oxygen atoms in total. The second kappa shape index (κ2) is 9.49. The molecule has 0 bridgehead atoms. The van der Waals surface area contributed by atoms with E-state index in [2.05, 4.69) is 25.9 Å². The minimum atomic E-state index is -1.07. The minimum absolute atomic E-state index is 0.0339. The summed E-state index contributed by atoms with van der Waals surface area (Å²) >= 11 is 0. The van der Waals surface area contributed by atoms with Gasteiger partial charge in [0, 0.05) is 23.2 Å². The molecule has 4 aromatic rings. The molecule has 0 spiro atoms. The van der Waals surface area contributed by atoms with Crippen molar-refractivity contribution < 1.29 is 13.6 Å². The summed E-state index contributed by atoms with van der Waals surface area (Å²) in [5, 5.41) is 10.2. The Labute approximate surface area is 183 Å². The molecule has 1 unspecified atom stereocenters. The summed E-state index contributed by atoms with van der Waals surface area (Å²) in [7, 11) is 1.85. The molecule has 0 radical (unpaired) electrons. The number of para-hydroxylation sites is 1. The molecular formula is C24H21F2N5O. The van der Waals surface area contributed by atoms with Crippen LogP contribution in [0.15, 0.2) is 73.1 Å². The monoisotopic (exact) mass is 433 g/mol. The maximum absolute atomic E-state index is 13.5. The molecule has 1 atom stereocenters. The number of benzene rings is 3. The van der Waals surface area contributed by atoms with Crippen LogP contribution in [0.3, 0.4) is 0 Å². The van der Waals surface area contributed by atoms with Gasteiger partial charge in [0.05, 0.1) is 11.6 Å². The van der Waals surface area contributed by atoms with Crippen LogP contribution < -0.4 is 16.0 Å². The standard InChI is InChI=1S/C24H21F2N5O/c1-27-13-22(31-23-18-7-2-3-8-21(18)28-14-29-23)15-5-4-6-17(11-15)30-24(32)16-9-10-19(25)20(26)12-16/h2-12,14,22,27H,13H2,1H3,(H,30,32)(H,28,29,31). The van der Waals surface area contributed by atoms with Crippen LogP contribution in [-0.4, -0.2) is 29.5 Å². The molecule has 0 fully saturated rings. The van der Waals surface area contributed by atoms with Crippen molar-refractivity contribution in [3.8, 4) is 0 Å². The average molecular weight is 433 g/mol. The van der Waals surface area contributed by atoms with E-state index < -0.39 is 17.5 Å². The molecule has 0 aliphatic rings. The van der Waals surface area contributed by atoms with Crippen molar-refractivity contribution in [1.29, 1.82) is 0 Å². The van der Waals surface area contributed by atoms with Crippen LogP contribution in [0, 0.1) is 11.6 Å². The Morgan fingerprint density at radius 1 is 0.969 bits per heavy atom. The molecule has 0 aliphatic heterocycles. The Hall–Kier alpha value is -3.91. The number of hydrogen-bond donors (Lipinski definition) is 3. The van der Waals surface area contributed by atoms with Crippen LogP contribution in [0.1, 0.15) is 22.0 Å². The first kappa shape index (κ1) is 21.3. The smallest absolute Gasteiger partial charge is 0.255 e. The number of halogens is 2.